The van der Waals surface area contributed by atoms with Gasteiger partial charge in [0.05, 0.1) is 27.8 Å². The second-order valence-corrected chi connectivity index (χ2v) is 7.15. The first-order chi connectivity index (χ1) is 14.5. The number of amides is 2. The van der Waals surface area contributed by atoms with Crippen molar-refractivity contribution < 1.29 is 23.8 Å². The first-order valence-electron chi connectivity index (χ1n) is 9.97. The van der Waals surface area contributed by atoms with Crippen molar-refractivity contribution in [1.29, 1.82) is 0 Å². The van der Waals surface area contributed by atoms with Gasteiger partial charge in [0.1, 0.15) is 17.2 Å². The predicted molar refractivity (Wildman–Crippen MR) is 113 cm³/mol. The van der Waals surface area contributed by atoms with Gasteiger partial charge < -0.3 is 24.0 Å². The molecule has 2 aromatic carbocycles. The Morgan fingerprint density at radius 1 is 0.767 bits per heavy atom. The number of hydrogen-bond acceptors (Lipinski definition) is 5. The van der Waals surface area contributed by atoms with E-state index in [9.17, 15) is 9.59 Å². The highest BCUT2D eigenvalue weighted by Gasteiger charge is 2.23. The number of methoxy groups -OCH3 is 3. The maximum Gasteiger partial charge on any atom is 0.254 e. The quantitative estimate of drug-likeness (QED) is 0.730. The molecule has 0 bridgehead atoms. The van der Waals surface area contributed by atoms with E-state index in [0.717, 1.165) is 17.7 Å². The van der Waals surface area contributed by atoms with Crippen LogP contribution in [0, 0.1) is 0 Å². The number of ether oxygens (including phenoxy) is 3. The molecule has 7 nitrogen and oxygen atoms in total. The molecule has 30 heavy (non-hydrogen) atoms. The highest BCUT2D eigenvalue weighted by atomic mass is 16.5. The van der Waals surface area contributed by atoms with E-state index < -0.39 is 0 Å². The van der Waals surface area contributed by atoms with Crippen LogP contribution >= 0.6 is 0 Å². The Kier molecular flexibility index (Phi) is 7.17. The predicted octanol–water partition coefficient (Wildman–Crippen LogP) is 2.63. The van der Waals surface area contributed by atoms with E-state index in [0.29, 0.717) is 49.7 Å². The lowest BCUT2D eigenvalue weighted by molar-refractivity contribution is -0.130. The summed E-state index contributed by atoms with van der Waals surface area (Å²) in [6.45, 7) is 2.25. The molecule has 0 aliphatic carbocycles. The van der Waals surface area contributed by atoms with E-state index in [-0.39, 0.29) is 11.8 Å². The lowest BCUT2D eigenvalue weighted by Gasteiger charge is -2.22. The molecule has 2 amide bonds. The third kappa shape index (κ3) is 5.23. The fourth-order valence-corrected chi connectivity index (χ4v) is 3.51. The van der Waals surface area contributed by atoms with Crippen LogP contribution < -0.4 is 14.2 Å². The summed E-state index contributed by atoms with van der Waals surface area (Å²) in [6.07, 6.45) is 1.08. The molecule has 2 aromatic rings. The summed E-state index contributed by atoms with van der Waals surface area (Å²) in [6, 6.07) is 12.7. The van der Waals surface area contributed by atoms with Gasteiger partial charge in [-0.15, -0.1) is 0 Å². The van der Waals surface area contributed by atoms with E-state index in [1.54, 1.807) is 44.4 Å². The molecular formula is C23H28N2O5. The molecule has 160 valence electrons. The zero-order valence-electron chi connectivity index (χ0n) is 17.7. The van der Waals surface area contributed by atoms with E-state index in [4.69, 9.17) is 14.2 Å². The van der Waals surface area contributed by atoms with Gasteiger partial charge in [-0.1, -0.05) is 12.1 Å². The Labute approximate surface area is 177 Å². The van der Waals surface area contributed by atoms with Crippen molar-refractivity contribution >= 4 is 11.8 Å². The standard InChI is InChI=1S/C23H28N2O5/c1-28-19-7-5-17(6-8-19)13-22(26)24-9-4-10-25(12-11-24)23(27)18-14-20(29-2)16-21(15-18)30-3/h5-8,14-16H,4,9-13H2,1-3H3. The SMILES string of the molecule is COc1ccc(CC(=O)N2CCCN(C(=O)c3cc(OC)cc(OC)c3)CC2)cc1. The van der Waals surface area contributed by atoms with Crippen LogP contribution in [-0.2, 0) is 11.2 Å². The summed E-state index contributed by atoms with van der Waals surface area (Å²) in [5.74, 6) is 1.89. The van der Waals surface area contributed by atoms with Crippen molar-refractivity contribution in [3.05, 3.63) is 53.6 Å². The Hall–Kier alpha value is -3.22. The number of benzene rings is 2. The van der Waals surface area contributed by atoms with E-state index in [1.165, 1.54) is 0 Å². The molecule has 1 fully saturated rings. The number of carbonyl (C=O) groups is 2. The highest BCUT2D eigenvalue weighted by Crippen LogP contribution is 2.24. The molecule has 1 aliphatic heterocycles. The smallest absolute Gasteiger partial charge is 0.254 e. The Morgan fingerprint density at radius 3 is 1.93 bits per heavy atom. The minimum atomic E-state index is -0.0864. The monoisotopic (exact) mass is 412 g/mol. The minimum absolute atomic E-state index is 0.0671. The lowest BCUT2D eigenvalue weighted by atomic mass is 10.1. The highest BCUT2D eigenvalue weighted by molar-refractivity contribution is 5.95. The van der Waals surface area contributed by atoms with Crippen molar-refractivity contribution in [1.82, 2.24) is 9.80 Å². The van der Waals surface area contributed by atoms with Crippen LogP contribution in [0.2, 0.25) is 0 Å². The zero-order valence-corrected chi connectivity index (χ0v) is 17.7. The maximum atomic E-state index is 13.0. The van der Waals surface area contributed by atoms with Crippen LogP contribution in [0.4, 0.5) is 0 Å². The van der Waals surface area contributed by atoms with Gasteiger partial charge in [0.2, 0.25) is 5.91 Å². The first-order valence-corrected chi connectivity index (χ1v) is 9.97. The first kappa shape index (κ1) is 21.5. The molecule has 1 saturated heterocycles. The van der Waals surface area contributed by atoms with Crippen molar-refractivity contribution in [2.75, 3.05) is 47.5 Å². The maximum absolute atomic E-state index is 13.0. The van der Waals surface area contributed by atoms with Crippen LogP contribution in [0.3, 0.4) is 0 Å². The fraction of sp³-hybridized carbons (Fsp3) is 0.391. The van der Waals surface area contributed by atoms with Gasteiger partial charge in [-0.05, 0) is 36.2 Å². The summed E-state index contributed by atoms with van der Waals surface area (Å²) in [7, 11) is 4.73. The molecule has 0 aromatic heterocycles. The normalized spacial score (nSPS) is 14.1. The second kappa shape index (κ2) is 10.0. The van der Waals surface area contributed by atoms with E-state index in [1.807, 2.05) is 29.2 Å². The largest absolute Gasteiger partial charge is 0.497 e. The number of nitrogens with zero attached hydrogens (tertiary/aromatic N) is 2. The Morgan fingerprint density at radius 2 is 1.33 bits per heavy atom. The molecule has 1 heterocycles. The van der Waals surface area contributed by atoms with Crippen LogP contribution in [-0.4, -0.2) is 69.1 Å². The van der Waals surface area contributed by atoms with Gasteiger partial charge in [0.15, 0.2) is 0 Å². The average Bonchev–Trinajstić information content (AvgIpc) is 3.05. The molecule has 0 unspecified atom stereocenters. The topological polar surface area (TPSA) is 68.3 Å². The summed E-state index contributed by atoms with van der Waals surface area (Å²) in [5, 5.41) is 0. The third-order valence-corrected chi connectivity index (χ3v) is 5.25. The minimum Gasteiger partial charge on any atom is -0.497 e. The zero-order chi connectivity index (χ0) is 21.5. The van der Waals surface area contributed by atoms with Gasteiger partial charge in [-0.2, -0.15) is 0 Å². The molecule has 0 N–H and O–H groups in total. The lowest BCUT2D eigenvalue weighted by Crippen LogP contribution is -2.38. The Bertz CT molecular complexity index is 859. The van der Waals surface area contributed by atoms with Crippen molar-refractivity contribution in [3.8, 4) is 17.2 Å². The van der Waals surface area contributed by atoms with Crippen LogP contribution in [0.25, 0.3) is 0 Å². The van der Waals surface area contributed by atoms with Crippen molar-refractivity contribution in [3.63, 3.8) is 0 Å². The second-order valence-electron chi connectivity index (χ2n) is 7.15. The van der Waals surface area contributed by atoms with Gasteiger partial charge >= 0.3 is 0 Å². The molecule has 0 radical (unpaired) electrons. The number of carbonyl (C=O) groups excluding carboxylic acids is 2. The summed E-state index contributed by atoms with van der Waals surface area (Å²) < 4.78 is 15.7. The van der Waals surface area contributed by atoms with Crippen LogP contribution in [0.1, 0.15) is 22.3 Å². The van der Waals surface area contributed by atoms with Gasteiger partial charge in [0.25, 0.3) is 5.91 Å². The van der Waals surface area contributed by atoms with Crippen LogP contribution in [0.15, 0.2) is 42.5 Å². The van der Waals surface area contributed by atoms with Gasteiger partial charge in [0, 0.05) is 37.8 Å². The van der Waals surface area contributed by atoms with Crippen molar-refractivity contribution in [2.45, 2.75) is 12.8 Å². The number of rotatable bonds is 6. The summed E-state index contributed by atoms with van der Waals surface area (Å²) >= 11 is 0. The van der Waals surface area contributed by atoms with E-state index in [2.05, 4.69) is 0 Å². The molecule has 1 aliphatic rings. The van der Waals surface area contributed by atoms with E-state index >= 15 is 0 Å². The van der Waals surface area contributed by atoms with Gasteiger partial charge in [-0.3, -0.25) is 9.59 Å². The number of hydrogen-bond donors (Lipinski definition) is 0. The molecule has 0 atom stereocenters. The van der Waals surface area contributed by atoms with Crippen LogP contribution in [0.5, 0.6) is 17.2 Å². The third-order valence-electron chi connectivity index (χ3n) is 5.25. The Balaban J connectivity index is 1.62. The van der Waals surface area contributed by atoms with Crippen molar-refractivity contribution in [2.24, 2.45) is 0 Å². The average molecular weight is 412 g/mol. The summed E-state index contributed by atoms with van der Waals surface area (Å²) in [5.41, 5.74) is 1.46. The summed E-state index contributed by atoms with van der Waals surface area (Å²) in [4.78, 5) is 29.4. The van der Waals surface area contributed by atoms with Gasteiger partial charge in [-0.25, -0.2) is 0 Å². The molecule has 7 heteroatoms. The molecule has 0 saturated carbocycles. The molecule has 0 spiro atoms. The molecular weight excluding hydrogens is 384 g/mol. The fourth-order valence-electron chi connectivity index (χ4n) is 3.51. The molecule has 3 rings (SSSR count).